The molecule has 1 aromatic carbocycles. The largest absolute Gasteiger partial charge is 0.448 e. The highest BCUT2D eigenvalue weighted by molar-refractivity contribution is 5.93. The van der Waals surface area contributed by atoms with Crippen LogP contribution in [0.1, 0.15) is 34.7 Å². The van der Waals surface area contributed by atoms with Gasteiger partial charge in [-0.3, -0.25) is 9.69 Å². The number of aryl methyl sites for hydroxylation is 1. The molecule has 5 nitrogen and oxygen atoms in total. The van der Waals surface area contributed by atoms with Crippen molar-refractivity contribution in [2.45, 2.75) is 32.4 Å². The molecule has 3 saturated heterocycles. The lowest BCUT2D eigenvalue weighted by Crippen LogP contribution is -2.44. The predicted molar refractivity (Wildman–Crippen MR) is 90.5 cm³/mol. The number of fused-ring (bicyclic) bond motifs is 4. The van der Waals surface area contributed by atoms with Gasteiger partial charge in [0.05, 0.1) is 0 Å². The molecule has 1 aromatic heterocycles. The van der Waals surface area contributed by atoms with Crippen molar-refractivity contribution in [2.75, 3.05) is 19.6 Å². The Hall–Kier alpha value is -2.14. The molecular weight excluding hydrogens is 302 g/mol. The second kappa shape index (κ2) is 6.40. The van der Waals surface area contributed by atoms with Crippen LogP contribution in [-0.4, -0.2) is 46.4 Å². The zero-order valence-corrected chi connectivity index (χ0v) is 14.0. The fraction of sp³-hybridized carbons (Fsp3) is 0.474. The summed E-state index contributed by atoms with van der Waals surface area (Å²) in [5.41, 5.74) is 1.81. The second-order valence-corrected chi connectivity index (χ2v) is 6.98. The first-order chi connectivity index (χ1) is 11.7. The van der Waals surface area contributed by atoms with Crippen molar-refractivity contribution in [3.8, 4) is 0 Å². The summed E-state index contributed by atoms with van der Waals surface area (Å²) < 4.78 is 5.21. The Bertz CT molecular complexity index is 712. The summed E-state index contributed by atoms with van der Waals surface area (Å²) in [6.45, 7) is 5.45. The van der Waals surface area contributed by atoms with Gasteiger partial charge in [-0.1, -0.05) is 30.3 Å². The summed E-state index contributed by atoms with van der Waals surface area (Å²) in [4.78, 5) is 21.4. The van der Waals surface area contributed by atoms with Gasteiger partial charge in [0, 0.05) is 32.2 Å². The molecular formula is C19H23N3O2. The molecule has 4 heterocycles. The van der Waals surface area contributed by atoms with Crippen LogP contribution in [0.15, 0.2) is 41.1 Å². The molecule has 0 radical (unpaired) electrons. The third-order valence-electron chi connectivity index (χ3n) is 5.29. The van der Waals surface area contributed by atoms with Gasteiger partial charge in [0.2, 0.25) is 0 Å². The summed E-state index contributed by atoms with van der Waals surface area (Å²) >= 11 is 0. The maximum absolute atomic E-state index is 12.8. The molecule has 3 aliphatic heterocycles. The minimum absolute atomic E-state index is 0.0136. The molecule has 2 atom stereocenters. The average Bonchev–Trinajstić information content (AvgIpc) is 2.82. The number of benzene rings is 1. The Morgan fingerprint density at radius 1 is 1.21 bits per heavy atom. The third-order valence-corrected chi connectivity index (χ3v) is 5.29. The highest BCUT2D eigenvalue weighted by Crippen LogP contribution is 2.30. The number of hydrogen-bond acceptors (Lipinski definition) is 4. The zero-order valence-electron chi connectivity index (χ0n) is 14.0. The lowest BCUT2D eigenvalue weighted by Gasteiger charge is -2.36. The van der Waals surface area contributed by atoms with Crippen LogP contribution in [0.5, 0.6) is 0 Å². The first kappa shape index (κ1) is 15.4. The highest BCUT2D eigenvalue weighted by atomic mass is 16.3. The monoisotopic (exact) mass is 325 g/mol. The fourth-order valence-corrected chi connectivity index (χ4v) is 4.02. The molecule has 1 amide bonds. The minimum atomic E-state index is 0.0136. The highest BCUT2D eigenvalue weighted by Gasteiger charge is 2.37. The fourth-order valence-electron chi connectivity index (χ4n) is 4.02. The van der Waals surface area contributed by atoms with E-state index in [2.05, 4.69) is 40.2 Å². The minimum Gasteiger partial charge on any atom is -0.448 e. The number of aromatic nitrogens is 1. The van der Waals surface area contributed by atoms with Crippen molar-refractivity contribution in [2.24, 2.45) is 5.92 Å². The van der Waals surface area contributed by atoms with Crippen LogP contribution >= 0.6 is 0 Å². The molecule has 2 aromatic rings. The molecule has 5 rings (SSSR count). The Kier molecular flexibility index (Phi) is 4.10. The van der Waals surface area contributed by atoms with E-state index in [1.807, 2.05) is 4.90 Å². The second-order valence-electron chi connectivity index (χ2n) is 6.98. The predicted octanol–water partition coefficient (Wildman–Crippen LogP) is 2.72. The summed E-state index contributed by atoms with van der Waals surface area (Å²) in [5, 5.41) is 0. The molecule has 0 saturated carbocycles. The summed E-state index contributed by atoms with van der Waals surface area (Å²) in [7, 11) is 0. The SMILES string of the molecule is Cc1ocnc1C(=O)N1C[C@H]2CC[C@@H](C1)N(Cc1ccccc1)C2. The van der Waals surface area contributed by atoms with E-state index >= 15 is 0 Å². The lowest BCUT2D eigenvalue weighted by atomic mass is 9.94. The van der Waals surface area contributed by atoms with Crippen LogP contribution in [0.3, 0.4) is 0 Å². The Labute approximate surface area is 142 Å². The Morgan fingerprint density at radius 2 is 2.04 bits per heavy atom. The van der Waals surface area contributed by atoms with E-state index in [1.54, 1.807) is 6.92 Å². The average molecular weight is 325 g/mol. The van der Waals surface area contributed by atoms with Crippen LogP contribution in [0, 0.1) is 12.8 Å². The molecule has 2 bridgehead atoms. The van der Waals surface area contributed by atoms with Crippen molar-refractivity contribution in [1.29, 1.82) is 0 Å². The topological polar surface area (TPSA) is 49.6 Å². The van der Waals surface area contributed by atoms with E-state index in [0.717, 1.165) is 26.2 Å². The van der Waals surface area contributed by atoms with Gasteiger partial charge in [0.25, 0.3) is 5.91 Å². The van der Waals surface area contributed by atoms with Crippen molar-refractivity contribution in [3.05, 3.63) is 53.7 Å². The van der Waals surface area contributed by atoms with Crippen LogP contribution in [0.25, 0.3) is 0 Å². The maximum atomic E-state index is 12.8. The standard InChI is InChI=1S/C19H23N3O2/c1-14-18(20-13-24-14)19(23)22-11-16-7-8-17(12-22)21(10-16)9-15-5-3-2-4-6-15/h2-6,13,16-17H,7-12H2,1H3/t16-,17-/m0/s1. The molecule has 126 valence electrons. The number of nitrogens with zero attached hydrogens (tertiary/aromatic N) is 3. The van der Waals surface area contributed by atoms with Gasteiger partial charge in [-0.25, -0.2) is 4.98 Å². The number of carbonyl (C=O) groups excluding carboxylic acids is 1. The van der Waals surface area contributed by atoms with Crippen molar-refractivity contribution in [3.63, 3.8) is 0 Å². The number of piperidine rings is 1. The first-order valence-corrected chi connectivity index (χ1v) is 8.68. The number of carbonyl (C=O) groups is 1. The van der Waals surface area contributed by atoms with E-state index in [0.29, 0.717) is 23.4 Å². The van der Waals surface area contributed by atoms with Gasteiger partial charge in [-0.2, -0.15) is 0 Å². The molecule has 3 aliphatic rings. The number of amides is 1. The summed E-state index contributed by atoms with van der Waals surface area (Å²) in [5.74, 6) is 1.17. The number of hydrogen-bond donors (Lipinski definition) is 0. The van der Waals surface area contributed by atoms with Gasteiger partial charge in [0.15, 0.2) is 12.1 Å². The quantitative estimate of drug-likeness (QED) is 0.871. The van der Waals surface area contributed by atoms with E-state index < -0.39 is 0 Å². The van der Waals surface area contributed by atoms with E-state index in [9.17, 15) is 4.79 Å². The summed E-state index contributed by atoms with van der Waals surface area (Å²) in [6.07, 6.45) is 3.73. The van der Waals surface area contributed by atoms with E-state index in [4.69, 9.17) is 4.42 Å². The molecule has 5 heteroatoms. The maximum Gasteiger partial charge on any atom is 0.276 e. The van der Waals surface area contributed by atoms with Crippen molar-refractivity contribution >= 4 is 5.91 Å². The van der Waals surface area contributed by atoms with E-state index in [1.165, 1.54) is 24.8 Å². The zero-order chi connectivity index (χ0) is 16.5. The van der Waals surface area contributed by atoms with Gasteiger partial charge in [-0.15, -0.1) is 0 Å². The molecule has 0 unspecified atom stereocenters. The van der Waals surface area contributed by atoms with E-state index in [-0.39, 0.29) is 5.91 Å². The molecule has 0 N–H and O–H groups in total. The number of oxazole rings is 1. The van der Waals surface area contributed by atoms with Crippen LogP contribution in [0.2, 0.25) is 0 Å². The smallest absolute Gasteiger partial charge is 0.276 e. The third kappa shape index (κ3) is 2.96. The number of rotatable bonds is 3. The van der Waals surface area contributed by atoms with Gasteiger partial charge in [0.1, 0.15) is 5.76 Å². The van der Waals surface area contributed by atoms with Gasteiger partial charge < -0.3 is 9.32 Å². The van der Waals surface area contributed by atoms with Crippen LogP contribution in [0.4, 0.5) is 0 Å². The molecule has 0 aliphatic carbocycles. The van der Waals surface area contributed by atoms with Crippen molar-refractivity contribution in [1.82, 2.24) is 14.8 Å². The van der Waals surface area contributed by atoms with Crippen LogP contribution in [-0.2, 0) is 6.54 Å². The molecule has 0 spiro atoms. The van der Waals surface area contributed by atoms with Gasteiger partial charge in [-0.05, 0) is 31.2 Å². The lowest BCUT2D eigenvalue weighted by molar-refractivity contribution is 0.0729. The molecule has 24 heavy (non-hydrogen) atoms. The van der Waals surface area contributed by atoms with Crippen LogP contribution < -0.4 is 0 Å². The first-order valence-electron chi connectivity index (χ1n) is 8.68. The van der Waals surface area contributed by atoms with Gasteiger partial charge >= 0.3 is 0 Å². The van der Waals surface area contributed by atoms with Crippen molar-refractivity contribution < 1.29 is 9.21 Å². The Balaban J connectivity index is 1.50. The normalized spacial score (nSPS) is 24.1. The summed E-state index contributed by atoms with van der Waals surface area (Å²) in [6, 6.07) is 11.0. The Morgan fingerprint density at radius 3 is 2.79 bits per heavy atom. The molecule has 3 fully saturated rings.